The summed E-state index contributed by atoms with van der Waals surface area (Å²) in [7, 11) is 0. The Kier molecular flexibility index (Phi) is 5.36. The van der Waals surface area contributed by atoms with Crippen LogP contribution in [0.4, 0.5) is 4.39 Å². The Labute approximate surface area is 117 Å². The summed E-state index contributed by atoms with van der Waals surface area (Å²) in [5.41, 5.74) is 1.14. The Morgan fingerprint density at radius 2 is 2.16 bits per heavy atom. The Morgan fingerprint density at radius 1 is 1.26 bits per heavy atom. The molecule has 100 valence electrons. The number of pyridine rings is 1. The van der Waals surface area contributed by atoms with E-state index >= 15 is 0 Å². The van der Waals surface area contributed by atoms with E-state index in [1.54, 1.807) is 12.3 Å². The zero-order valence-corrected chi connectivity index (χ0v) is 11.7. The van der Waals surface area contributed by atoms with Crippen LogP contribution in [0.25, 0.3) is 0 Å². The highest BCUT2D eigenvalue weighted by molar-refractivity contribution is 7.99. The van der Waals surface area contributed by atoms with Gasteiger partial charge in [0.15, 0.2) is 0 Å². The fourth-order valence-electron chi connectivity index (χ4n) is 1.69. The number of nitrogens with zero attached hydrogens (tertiary/aromatic N) is 1. The van der Waals surface area contributed by atoms with E-state index in [0.29, 0.717) is 0 Å². The number of aromatic nitrogens is 1. The number of hydrogen-bond acceptors (Lipinski definition) is 3. The van der Waals surface area contributed by atoms with Crippen molar-refractivity contribution in [1.82, 2.24) is 10.3 Å². The van der Waals surface area contributed by atoms with Crippen molar-refractivity contribution in [3.8, 4) is 0 Å². The highest BCUT2D eigenvalue weighted by Gasteiger charge is 2.05. The predicted octanol–water partition coefficient (Wildman–Crippen LogP) is 3.87. The maximum atomic E-state index is 13.2. The first-order valence-corrected chi connectivity index (χ1v) is 7.19. The molecule has 0 fully saturated rings. The summed E-state index contributed by atoms with van der Waals surface area (Å²) in [4.78, 5) is 5.25. The average molecular weight is 276 g/mol. The van der Waals surface area contributed by atoms with Gasteiger partial charge in [-0.05, 0) is 42.8 Å². The van der Waals surface area contributed by atoms with Crippen LogP contribution in [0.2, 0.25) is 0 Å². The molecule has 0 bridgehead atoms. The quantitative estimate of drug-likeness (QED) is 0.811. The van der Waals surface area contributed by atoms with Gasteiger partial charge in [-0.2, -0.15) is 0 Å². The van der Waals surface area contributed by atoms with Crippen LogP contribution in [-0.2, 0) is 6.54 Å². The number of benzene rings is 1. The van der Waals surface area contributed by atoms with Crippen LogP contribution in [0.3, 0.4) is 0 Å². The summed E-state index contributed by atoms with van der Waals surface area (Å²) < 4.78 is 13.2. The fourth-order valence-corrected chi connectivity index (χ4v) is 2.62. The summed E-state index contributed by atoms with van der Waals surface area (Å²) in [5, 5.41) is 4.29. The summed E-state index contributed by atoms with van der Waals surface area (Å²) in [6.07, 6.45) is 2.87. The third kappa shape index (κ3) is 4.33. The second kappa shape index (κ2) is 7.26. The Bertz CT molecular complexity index is 531. The average Bonchev–Trinajstić information content (AvgIpc) is 2.41. The molecule has 1 heterocycles. The maximum absolute atomic E-state index is 13.2. The number of nitrogens with one attached hydrogen (secondary N) is 1. The van der Waals surface area contributed by atoms with Crippen LogP contribution < -0.4 is 5.32 Å². The molecule has 4 heteroatoms. The van der Waals surface area contributed by atoms with Crippen molar-refractivity contribution < 1.29 is 4.39 Å². The van der Waals surface area contributed by atoms with Gasteiger partial charge in [0, 0.05) is 17.6 Å². The number of halogens is 1. The van der Waals surface area contributed by atoms with Crippen molar-refractivity contribution >= 4 is 11.8 Å². The SMILES string of the molecule is CCCNCc1cccnc1Sc1cccc(F)c1. The lowest BCUT2D eigenvalue weighted by atomic mass is 10.3. The van der Waals surface area contributed by atoms with Crippen molar-refractivity contribution in [3.63, 3.8) is 0 Å². The van der Waals surface area contributed by atoms with Gasteiger partial charge in [-0.1, -0.05) is 30.8 Å². The molecule has 0 aliphatic heterocycles. The molecule has 19 heavy (non-hydrogen) atoms. The van der Waals surface area contributed by atoms with Crippen LogP contribution in [0, 0.1) is 5.82 Å². The van der Waals surface area contributed by atoms with Gasteiger partial charge in [0.25, 0.3) is 0 Å². The van der Waals surface area contributed by atoms with E-state index in [0.717, 1.165) is 35.0 Å². The second-order valence-electron chi connectivity index (χ2n) is 4.20. The van der Waals surface area contributed by atoms with E-state index in [1.165, 1.54) is 23.9 Å². The van der Waals surface area contributed by atoms with Crippen molar-refractivity contribution in [2.24, 2.45) is 0 Å². The highest BCUT2D eigenvalue weighted by Crippen LogP contribution is 2.28. The Hall–Kier alpha value is -1.39. The number of rotatable bonds is 6. The summed E-state index contributed by atoms with van der Waals surface area (Å²) in [6.45, 7) is 3.91. The molecule has 0 atom stereocenters. The molecule has 2 rings (SSSR count). The molecule has 0 unspecified atom stereocenters. The molecule has 1 aromatic carbocycles. The fraction of sp³-hybridized carbons (Fsp3) is 0.267. The van der Waals surface area contributed by atoms with Crippen LogP contribution in [0.15, 0.2) is 52.5 Å². The molecular weight excluding hydrogens is 259 g/mol. The summed E-state index contributed by atoms with van der Waals surface area (Å²) >= 11 is 1.50. The maximum Gasteiger partial charge on any atom is 0.124 e. The Morgan fingerprint density at radius 3 is 2.95 bits per heavy atom. The smallest absolute Gasteiger partial charge is 0.124 e. The van der Waals surface area contributed by atoms with Gasteiger partial charge in [0.2, 0.25) is 0 Å². The zero-order valence-electron chi connectivity index (χ0n) is 10.9. The molecular formula is C15H17FN2S. The lowest BCUT2D eigenvalue weighted by Crippen LogP contribution is -2.14. The van der Waals surface area contributed by atoms with Crippen molar-refractivity contribution in [1.29, 1.82) is 0 Å². The first kappa shape index (κ1) is 14.0. The molecule has 0 radical (unpaired) electrons. The molecule has 0 aliphatic rings. The third-order valence-corrected chi connectivity index (χ3v) is 3.65. The largest absolute Gasteiger partial charge is 0.313 e. The molecule has 1 N–H and O–H groups in total. The summed E-state index contributed by atoms with van der Waals surface area (Å²) in [5.74, 6) is -0.216. The molecule has 0 spiro atoms. The standard InChI is InChI=1S/C15H17FN2S/c1-2-8-17-11-12-5-4-9-18-15(12)19-14-7-3-6-13(16)10-14/h3-7,9-10,17H,2,8,11H2,1H3. The minimum absolute atomic E-state index is 0.216. The van der Waals surface area contributed by atoms with Crippen LogP contribution >= 0.6 is 11.8 Å². The molecule has 0 amide bonds. The van der Waals surface area contributed by atoms with E-state index in [4.69, 9.17) is 0 Å². The molecule has 1 aromatic heterocycles. The van der Waals surface area contributed by atoms with Gasteiger partial charge in [-0.25, -0.2) is 9.37 Å². The third-order valence-electron chi connectivity index (χ3n) is 2.60. The molecule has 2 nitrogen and oxygen atoms in total. The van der Waals surface area contributed by atoms with E-state index in [9.17, 15) is 4.39 Å². The second-order valence-corrected chi connectivity index (χ2v) is 5.27. The monoisotopic (exact) mass is 276 g/mol. The summed E-state index contributed by atoms with van der Waals surface area (Å²) in [6, 6.07) is 10.6. The van der Waals surface area contributed by atoms with Crippen molar-refractivity contribution in [2.45, 2.75) is 29.8 Å². The lowest BCUT2D eigenvalue weighted by Gasteiger charge is -2.08. The Balaban J connectivity index is 2.11. The lowest BCUT2D eigenvalue weighted by molar-refractivity contribution is 0.624. The van der Waals surface area contributed by atoms with Crippen molar-refractivity contribution in [3.05, 3.63) is 54.0 Å². The van der Waals surface area contributed by atoms with Gasteiger partial charge in [-0.15, -0.1) is 0 Å². The van der Waals surface area contributed by atoms with Crippen LogP contribution in [0.5, 0.6) is 0 Å². The first-order valence-electron chi connectivity index (χ1n) is 6.37. The van der Waals surface area contributed by atoms with Gasteiger partial charge < -0.3 is 5.32 Å². The van der Waals surface area contributed by atoms with Crippen LogP contribution in [-0.4, -0.2) is 11.5 Å². The predicted molar refractivity (Wildman–Crippen MR) is 76.8 cm³/mol. The molecule has 0 saturated heterocycles. The molecule has 0 aliphatic carbocycles. The molecule has 2 aromatic rings. The van der Waals surface area contributed by atoms with Gasteiger partial charge >= 0.3 is 0 Å². The van der Waals surface area contributed by atoms with Gasteiger partial charge in [-0.3, -0.25) is 0 Å². The highest BCUT2D eigenvalue weighted by atomic mass is 32.2. The van der Waals surface area contributed by atoms with Crippen molar-refractivity contribution in [2.75, 3.05) is 6.54 Å². The van der Waals surface area contributed by atoms with Gasteiger partial charge in [0.1, 0.15) is 10.8 Å². The minimum atomic E-state index is -0.216. The number of hydrogen-bond donors (Lipinski definition) is 1. The van der Waals surface area contributed by atoms with E-state index in [-0.39, 0.29) is 5.82 Å². The first-order chi connectivity index (χ1) is 9.29. The molecule has 0 saturated carbocycles. The van der Waals surface area contributed by atoms with Crippen LogP contribution in [0.1, 0.15) is 18.9 Å². The van der Waals surface area contributed by atoms with E-state index in [2.05, 4.69) is 23.3 Å². The van der Waals surface area contributed by atoms with Gasteiger partial charge in [0.05, 0.1) is 0 Å². The van der Waals surface area contributed by atoms with E-state index < -0.39 is 0 Å². The zero-order chi connectivity index (χ0) is 13.5. The normalized spacial score (nSPS) is 10.6. The topological polar surface area (TPSA) is 24.9 Å². The van der Waals surface area contributed by atoms with E-state index in [1.807, 2.05) is 12.1 Å². The minimum Gasteiger partial charge on any atom is -0.313 e.